The molecule has 0 bridgehead atoms. The summed E-state index contributed by atoms with van der Waals surface area (Å²) in [6, 6.07) is 14.9. The highest BCUT2D eigenvalue weighted by atomic mass is 79.9. The van der Waals surface area contributed by atoms with Gasteiger partial charge in [0.25, 0.3) is 5.91 Å². The standard InChI is InChI=1S/C19H17BrClN3O/c1-13(20)12-24-17-8-3-2-7-16(17)23-18(24)9-10-22-19(25)14-5-4-6-15(21)11-14/h2-8,11H,1,9-10,12H2,(H,22,25). The summed E-state index contributed by atoms with van der Waals surface area (Å²) < 4.78 is 2.98. The number of benzene rings is 2. The van der Waals surface area contributed by atoms with Crippen LogP contribution in [0.2, 0.25) is 5.02 Å². The van der Waals surface area contributed by atoms with Gasteiger partial charge in [0, 0.05) is 28.0 Å². The van der Waals surface area contributed by atoms with Gasteiger partial charge in [-0.3, -0.25) is 4.79 Å². The average molecular weight is 419 g/mol. The lowest BCUT2D eigenvalue weighted by molar-refractivity contribution is 0.0954. The highest BCUT2D eigenvalue weighted by Gasteiger charge is 2.12. The van der Waals surface area contributed by atoms with Crippen molar-refractivity contribution < 1.29 is 4.79 Å². The molecule has 0 fully saturated rings. The molecule has 0 aliphatic heterocycles. The summed E-state index contributed by atoms with van der Waals surface area (Å²) in [6.07, 6.45) is 0.626. The number of halogens is 2. The molecule has 0 aliphatic rings. The Morgan fingerprint density at radius 1 is 1.24 bits per heavy atom. The Morgan fingerprint density at radius 3 is 2.80 bits per heavy atom. The Labute approximate surface area is 159 Å². The Kier molecular flexibility index (Phi) is 5.56. The van der Waals surface area contributed by atoms with E-state index >= 15 is 0 Å². The van der Waals surface area contributed by atoms with E-state index in [1.807, 2.05) is 24.3 Å². The number of rotatable bonds is 6. The normalized spacial score (nSPS) is 10.8. The van der Waals surface area contributed by atoms with Crippen LogP contribution in [0.5, 0.6) is 0 Å². The van der Waals surface area contributed by atoms with Crippen molar-refractivity contribution in [2.45, 2.75) is 13.0 Å². The van der Waals surface area contributed by atoms with Crippen molar-refractivity contribution in [3.63, 3.8) is 0 Å². The van der Waals surface area contributed by atoms with Crippen molar-refractivity contribution in [2.75, 3.05) is 6.54 Å². The van der Waals surface area contributed by atoms with E-state index in [2.05, 4.69) is 37.4 Å². The number of hydrogen-bond acceptors (Lipinski definition) is 2. The Bertz CT molecular complexity index is 935. The van der Waals surface area contributed by atoms with Crippen LogP contribution in [0.4, 0.5) is 0 Å². The van der Waals surface area contributed by atoms with Crippen molar-refractivity contribution in [1.82, 2.24) is 14.9 Å². The first-order chi connectivity index (χ1) is 12.0. The van der Waals surface area contributed by atoms with E-state index in [1.54, 1.807) is 24.3 Å². The van der Waals surface area contributed by atoms with E-state index in [0.29, 0.717) is 30.1 Å². The van der Waals surface area contributed by atoms with Crippen LogP contribution in [0.25, 0.3) is 11.0 Å². The summed E-state index contributed by atoms with van der Waals surface area (Å²) in [7, 11) is 0. The fourth-order valence-electron chi connectivity index (χ4n) is 2.68. The van der Waals surface area contributed by atoms with E-state index in [9.17, 15) is 4.79 Å². The van der Waals surface area contributed by atoms with Gasteiger partial charge in [-0.15, -0.1) is 0 Å². The first-order valence-corrected chi connectivity index (χ1v) is 9.03. The molecule has 6 heteroatoms. The zero-order chi connectivity index (χ0) is 17.8. The van der Waals surface area contributed by atoms with Gasteiger partial charge in [0.15, 0.2) is 0 Å². The second-order valence-corrected chi connectivity index (χ2v) is 7.19. The van der Waals surface area contributed by atoms with E-state index in [0.717, 1.165) is 21.3 Å². The molecule has 0 spiro atoms. The number of para-hydroxylation sites is 2. The molecule has 1 amide bonds. The van der Waals surface area contributed by atoms with Crippen LogP contribution in [-0.4, -0.2) is 22.0 Å². The molecule has 25 heavy (non-hydrogen) atoms. The Balaban J connectivity index is 1.72. The van der Waals surface area contributed by atoms with E-state index in [-0.39, 0.29) is 5.91 Å². The molecule has 0 unspecified atom stereocenters. The van der Waals surface area contributed by atoms with Gasteiger partial charge < -0.3 is 9.88 Å². The Morgan fingerprint density at radius 2 is 2.04 bits per heavy atom. The number of imidazole rings is 1. The minimum Gasteiger partial charge on any atom is -0.352 e. The molecule has 0 radical (unpaired) electrons. The predicted octanol–water partition coefficient (Wildman–Crippen LogP) is 4.57. The first-order valence-electron chi connectivity index (χ1n) is 7.86. The van der Waals surface area contributed by atoms with Gasteiger partial charge >= 0.3 is 0 Å². The lowest BCUT2D eigenvalue weighted by Crippen LogP contribution is -2.26. The summed E-state index contributed by atoms with van der Waals surface area (Å²) in [5.41, 5.74) is 2.54. The topological polar surface area (TPSA) is 46.9 Å². The summed E-state index contributed by atoms with van der Waals surface area (Å²) in [5.74, 6) is 0.767. The molecule has 3 aromatic rings. The fraction of sp³-hybridized carbons (Fsp3) is 0.158. The SMILES string of the molecule is C=C(Br)Cn1c(CCNC(=O)c2cccc(Cl)c2)nc2ccccc21. The minimum absolute atomic E-state index is 0.143. The van der Waals surface area contributed by atoms with Gasteiger partial charge in [-0.1, -0.05) is 52.3 Å². The molecule has 1 N–H and O–H groups in total. The lowest BCUT2D eigenvalue weighted by Gasteiger charge is -2.09. The summed E-state index contributed by atoms with van der Waals surface area (Å²) in [6.45, 7) is 5.05. The van der Waals surface area contributed by atoms with E-state index < -0.39 is 0 Å². The van der Waals surface area contributed by atoms with Gasteiger partial charge in [0.2, 0.25) is 0 Å². The van der Waals surface area contributed by atoms with Crippen LogP contribution in [0.3, 0.4) is 0 Å². The number of hydrogen-bond donors (Lipinski definition) is 1. The molecule has 1 heterocycles. The number of nitrogens with one attached hydrogen (secondary N) is 1. The Hall–Kier alpha value is -2.11. The smallest absolute Gasteiger partial charge is 0.251 e. The third-order valence-electron chi connectivity index (χ3n) is 3.78. The number of carbonyl (C=O) groups excluding carboxylic acids is 1. The van der Waals surface area contributed by atoms with E-state index in [1.165, 1.54) is 0 Å². The molecule has 0 saturated heterocycles. The third kappa shape index (κ3) is 4.30. The summed E-state index contributed by atoms with van der Waals surface area (Å²) >= 11 is 9.35. The molecular weight excluding hydrogens is 402 g/mol. The highest BCUT2D eigenvalue weighted by Crippen LogP contribution is 2.19. The van der Waals surface area contributed by atoms with Gasteiger partial charge in [-0.05, 0) is 30.3 Å². The van der Waals surface area contributed by atoms with Crippen LogP contribution in [0.1, 0.15) is 16.2 Å². The molecular formula is C19H17BrClN3O. The van der Waals surface area contributed by atoms with Crippen LogP contribution in [0.15, 0.2) is 59.6 Å². The molecule has 128 valence electrons. The summed E-state index contributed by atoms with van der Waals surface area (Å²) in [5, 5.41) is 3.46. The van der Waals surface area contributed by atoms with Gasteiger partial charge in [-0.25, -0.2) is 4.98 Å². The maximum Gasteiger partial charge on any atom is 0.251 e. The quantitative estimate of drug-likeness (QED) is 0.637. The van der Waals surface area contributed by atoms with Gasteiger partial charge in [0.05, 0.1) is 17.6 Å². The number of fused-ring (bicyclic) bond motifs is 1. The molecule has 3 rings (SSSR count). The lowest BCUT2D eigenvalue weighted by atomic mass is 10.2. The number of nitrogens with zero attached hydrogens (tertiary/aromatic N) is 2. The van der Waals surface area contributed by atoms with Gasteiger partial charge in [-0.2, -0.15) is 0 Å². The average Bonchev–Trinajstić information content (AvgIpc) is 2.92. The zero-order valence-corrected chi connectivity index (χ0v) is 15.8. The van der Waals surface area contributed by atoms with Crippen LogP contribution in [0, 0.1) is 0 Å². The van der Waals surface area contributed by atoms with Crippen LogP contribution in [-0.2, 0) is 13.0 Å². The molecule has 2 aromatic carbocycles. The maximum atomic E-state index is 12.2. The van der Waals surface area contributed by atoms with Gasteiger partial charge in [0.1, 0.15) is 5.82 Å². The molecule has 1 aromatic heterocycles. The largest absolute Gasteiger partial charge is 0.352 e. The highest BCUT2D eigenvalue weighted by molar-refractivity contribution is 9.11. The van der Waals surface area contributed by atoms with E-state index in [4.69, 9.17) is 11.6 Å². The maximum absolute atomic E-state index is 12.2. The predicted molar refractivity (Wildman–Crippen MR) is 105 cm³/mol. The van der Waals surface area contributed by atoms with Crippen LogP contribution >= 0.6 is 27.5 Å². The monoisotopic (exact) mass is 417 g/mol. The van der Waals surface area contributed by atoms with Crippen molar-refractivity contribution in [2.24, 2.45) is 0 Å². The first kappa shape index (κ1) is 17.7. The zero-order valence-electron chi connectivity index (χ0n) is 13.5. The van der Waals surface area contributed by atoms with Crippen molar-refractivity contribution in [3.8, 4) is 0 Å². The summed E-state index contributed by atoms with van der Waals surface area (Å²) in [4.78, 5) is 16.9. The molecule has 0 atom stereocenters. The van der Waals surface area contributed by atoms with Crippen molar-refractivity contribution >= 4 is 44.5 Å². The third-order valence-corrected chi connectivity index (χ3v) is 4.27. The minimum atomic E-state index is -0.143. The second-order valence-electron chi connectivity index (χ2n) is 5.64. The number of amides is 1. The van der Waals surface area contributed by atoms with Crippen molar-refractivity contribution in [1.29, 1.82) is 0 Å². The number of allylic oxidation sites excluding steroid dienone is 1. The molecule has 0 aliphatic carbocycles. The number of aromatic nitrogens is 2. The van der Waals surface area contributed by atoms with Crippen LogP contribution < -0.4 is 5.32 Å². The van der Waals surface area contributed by atoms with Crippen molar-refractivity contribution in [3.05, 3.63) is 76.0 Å². The molecule has 4 nitrogen and oxygen atoms in total. The fourth-order valence-corrected chi connectivity index (χ4v) is 3.12. The second kappa shape index (κ2) is 7.85. The molecule has 0 saturated carbocycles. The number of carbonyl (C=O) groups is 1.